The van der Waals surface area contributed by atoms with Crippen LogP contribution in [0.2, 0.25) is 0 Å². The van der Waals surface area contributed by atoms with Crippen LogP contribution < -0.4 is 4.74 Å². The average molecular weight is 163 g/mol. The first-order chi connectivity index (χ1) is 5.63. The third-order valence-electron chi connectivity index (χ3n) is 1.89. The van der Waals surface area contributed by atoms with Gasteiger partial charge in [-0.15, -0.1) is 0 Å². The van der Waals surface area contributed by atoms with Crippen LogP contribution in [0.25, 0.3) is 0 Å². The molecule has 0 fully saturated rings. The molecule has 1 radical (unpaired) electrons. The quantitative estimate of drug-likeness (QED) is 0.651. The van der Waals surface area contributed by atoms with E-state index in [4.69, 9.17) is 4.74 Å². The number of benzene rings is 1. The van der Waals surface area contributed by atoms with E-state index in [0.29, 0.717) is 5.92 Å². The predicted molar refractivity (Wildman–Crippen MR) is 51.5 cm³/mol. The second kappa shape index (κ2) is 3.61. The van der Waals surface area contributed by atoms with Crippen LogP contribution in [-0.2, 0) is 0 Å². The maximum Gasteiger partial charge on any atom is 0.119 e. The summed E-state index contributed by atoms with van der Waals surface area (Å²) in [4.78, 5) is 0. The first kappa shape index (κ1) is 9.11. The molecule has 0 amide bonds. The molecule has 1 aromatic carbocycles. The van der Waals surface area contributed by atoms with Gasteiger partial charge in [-0.2, -0.15) is 0 Å². The van der Waals surface area contributed by atoms with Crippen molar-refractivity contribution in [2.75, 3.05) is 7.11 Å². The van der Waals surface area contributed by atoms with Gasteiger partial charge in [0.1, 0.15) is 5.75 Å². The van der Waals surface area contributed by atoms with Gasteiger partial charge in [0, 0.05) is 0 Å². The van der Waals surface area contributed by atoms with Gasteiger partial charge < -0.3 is 4.74 Å². The van der Waals surface area contributed by atoms with Crippen molar-refractivity contribution in [3.8, 4) is 5.75 Å². The highest BCUT2D eigenvalue weighted by Crippen LogP contribution is 2.22. The summed E-state index contributed by atoms with van der Waals surface area (Å²) < 4.78 is 5.15. The highest BCUT2D eigenvalue weighted by molar-refractivity contribution is 5.37. The molecule has 0 N–H and O–H groups in total. The Morgan fingerprint density at radius 3 is 2.42 bits per heavy atom. The van der Waals surface area contributed by atoms with E-state index in [0.717, 1.165) is 11.3 Å². The molecule has 1 aromatic rings. The molecule has 0 aliphatic heterocycles. The Bertz CT molecular complexity index is 264. The molecular formula is C11H15O. The summed E-state index contributed by atoms with van der Waals surface area (Å²) in [5, 5.41) is 0. The molecule has 12 heavy (non-hydrogen) atoms. The second-order valence-electron chi connectivity index (χ2n) is 3.27. The van der Waals surface area contributed by atoms with Crippen LogP contribution in [-0.4, -0.2) is 7.11 Å². The monoisotopic (exact) mass is 163 g/mol. The van der Waals surface area contributed by atoms with Crippen LogP contribution in [0.4, 0.5) is 0 Å². The van der Waals surface area contributed by atoms with Crippen molar-refractivity contribution < 1.29 is 4.74 Å². The fourth-order valence-corrected chi connectivity index (χ4v) is 1.14. The van der Waals surface area contributed by atoms with Crippen LogP contribution >= 0.6 is 0 Å². The summed E-state index contributed by atoms with van der Waals surface area (Å²) in [6.45, 7) is 8.21. The smallest absolute Gasteiger partial charge is 0.119 e. The third-order valence-corrected chi connectivity index (χ3v) is 1.89. The lowest BCUT2D eigenvalue weighted by molar-refractivity contribution is 0.414. The minimum atomic E-state index is 0.528. The molecule has 0 unspecified atom stereocenters. The Kier molecular flexibility index (Phi) is 2.74. The van der Waals surface area contributed by atoms with E-state index in [1.807, 2.05) is 6.07 Å². The molecule has 0 spiro atoms. The number of ether oxygens (including phenoxy) is 1. The lowest BCUT2D eigenvalue weighted by Gasteiger charge is -2.08. The minimum absolute atomic E-state index is 0.528. The zero-order valence-electron chi connectivity index (χ0n) is 7.92. The molecule has 0 bridgehead atoms. The van der Waals surface area contributed by atoms with E-state index in [1.165, 1.54) is 5.56 Å². The lowest BCUT2D eigenvalue weighted by atomic mass is 10.0. The summed E-state index contributed by atoms with van der Waals surface area (Å²) in [6, 6.07) is 6.08. The van der Waals surface area contributed by atoms with Gasteiger partial charge in [-0.05, 0) is 36.1 Å². The van der Waals surface area contributed by atoms with Crippen molar-refractivity contribution in [1.82, 2.24) is 0 Å². The highest BCUT2D eigenvalue weighted by atomic mass is 16.5. The molecule has 1 rings (SSSR count). The Morgan fingerprint density at radius 1 is 1.25 bits per heavy atom. The number of methoxy groups -OCH3 is 1. The molecule has 0 aliphatic rings. The second-order valence-corrected chi connectivity index (χ2v) is 3.27. The normalized spacial score (nSPS) is 10.4. The van der Waals surface area contributed by atoms with Gasteiger partial charge in [0.2, 0.25) is 0 Å². The Hall–Kier alpha value is -0.980. The summed E-state index contributed by atoms with van der Waals surface area (Å²) in [5.41, 5.74) is 2.29. The molecule has 0 heterocycles. The van der Waals surface area contributed by atoms with Gasteiger partial charge in [0.25, 0.3) is 0 Å². The summed E-state index contributed by atoms with van der Waals surface area (Å²) in [5.74, 6) is 1.42. The standard InChI is InChI=1S/C11H15O/c1-8(2)10-5-9(3)6-11(7-10)12-4/h5-8H,3H2,1-2,4H3. The predicted octanol–water partition coefficient (Wildman–Crippen LogP) is 3.00. The molecule has 65 valence electrons. The van der Waals surface area contributed by atoms with Crippen molar-refractivity contribution in [2.45, 2.75) is 19.8 Å². The van der Waals surface area contributed by atoms with Gasteiger partial charge >= 0.3 is 0 Å². The highest BCUT2D eigenvalue weighted by Gasteiger charge is 2.01. The number of hydrogen-bond donors (Lipinski definition) is 0. The van der Waals surface area contributed by atoms with Crippen LogP contribution in [0.3, 0.4) is 0 Å². The number of hydrogen-bond acceptors (Lipinski definition) is 1. The van der Waals surface area contributed by atoms with Crippen molar-refractivity contribution >= 4 is 0 Å². The van der Waals surface area contributed by atoms with E-state index in [9.17, 15) is 0 Å². The van der Waals surface area contributed by atoms with Gasteiger partial charge in [-0.3, -0.25) is 0 Å². The fraction of sp³-hybridized carbons (Fsp3) is 0.364. The van der Waals surface area contributed by atoms with Crippen LogP contribution in [0.15, 0.2) is 18.2 Å². The minimum Gasteiger partial charge on any atom is -0.497 e. The van der Waals surface area contributed by atoms with Gasteiger partial charge in [0.15, 0.2) is 0 Å². The maximum absolute atomic E-state index is 5.15. The van der Waals surface area contributed by atoms with Crippen molar-refractivity contribution in [3.63, 3.8) is 0 Å². The maximum atomic E-state index is 5.15. The molecule has 0 saturated heterocycles. The average Bonchev–Trinajstić information content (AvgIpc) is 2.03. The summed E-state index contributed by atoms with van der Waals surface area (Å²) in [6.07, 6.45) is 0. The van der Waals surface area contributed by atoms with Crippen LogP contribution in [0.5, 0.6) is 5.75 Å². The Labute approximate surface area is 74.4 Å². The topological polar surface area (TPSA) is 9.23 Å². The van der Waals surface area contributed by atoms with E-state index in [2.05, 4.69) is 32.9 Å². The van der Waals surface area contributed by atoms with E-state index >= 15 is 0 Å². The van der Waals surface area contributed by atoms with Crippen molar-refractivity contribution in [1.29, 1.82) is 0 Å². The summed E-state index contributed by atoms with van der Waals surface area (Å²) >= 11 is 0. The largest absolute Gasteiger partial charge is 0.497 e. The SMILES string of the molecule is [CH2]c1cc(OC)cc(C(C)C)c1. The Morgan fingerprint density at radius 2 is 1.92 bits per heavy atom. The zero-order valence-corrected chi connectivity index (χ0v) is 7.92. The molecule has 1 heteroatoms. The number of rotatable bonds is 2. The lowest BCUT2D eigenvalue weighted by Crippen LogP contribution is -1.91. The van der Waals surface area contributed by atoms with Crippen molar-refractivity contribution in [2.24, 2.45) is 0 Å². The van der Waals surface area contributed by atoms with Crippen molar-refractivity contribution in [3.05, 3.63) is 36.2 Å². The molecule has 0 atom stereocenters. The molecule has 0 aliphatic carbocycles. The molecular weight excluding hydrogens is 148 g/mol. The first-order valence-corrected chi connectivity index (χ1v) is 4.14. The molecule has 0 aromatic heterocycles. The van der Waals surface area contributed by atoms with Crippen LogP contribution in [0, 0.1) is 6.92 Å². The van der Waals surface area contributed by atoms with Gasteiger partial charge in [0.05, 0.1) is 7.11 Å². The molecule has 0 saturated carbocycles. The first-order valence-electron chi connectivity index (χ1n) is 4.14. The van der Waals surface area contributed by atoms with E-state index < -0.39 is 0 Å². The van der Waals surface area contributed by atoms with Gasteiger partial charge in [-0.25, -0.2) is 0 Å². The van der Waals surface area contributed by atoms with Gasteiger partial charge in [-0.1, -0.05) is 19.9 Å². The third kappa shape index (κ3) is 2.00. The van der Waals surface area contributed by atoms with E-state index in [1.54, 1.807) is 7.11 Å². The van der Waals surface area contributed by atoms with E-state index in [-0.39, 0.29) is 0 Å². The van der Waals surface area contributed by atoms with Crippen LogP contribution in [0.1, 0.15) is 30.9 Å². The Balaban J connectivity index is 3.06. The molecule has 1 nitrogen and oxygen atoms in total. The zero-order chi connectivity index (χ0) is 9.14. The summed E-state index contributed by atoms with van der Waals surface area (Å²) in [7, 11) is 1.68. The fourth-order valence-electron chi connectivity index (χ4n) is 1.14.